The molecule has 0 spiro atoms. The van der Waals surface area contributed by atoms with Crippen LogP contribution < -0.4 is 4.74 Å². The van der Waals surface area contributed by atoms with Crippen LogP contribution in [0.25, 0.3) is 5.70 Å². The number of hydrogen-bond acceptors (Lipinski definition) is 3. The molecular formula is C15H15FNO2Y-. The molecule has 0 saturated heterocycles. The van der Waals surface area contributed by atoms with Crippen molar-refractivity contribution in [3.63, 3.8) is 0 Å². The molecule has 1 aliphatic rings. The van der Waals surface area contributed by atoms with Crippen molar-refractivity contribution in [1.29, 1.82) is 0 Å². The summed E-state index contributed by atoms with van der Waals surface area (Å²) in [5, 5.41) is 0. The first-order valence-electron chi connectivity index (χ1n) is 5.78. The Labute approximate surface area is 143 Å². The van der Waals surface area contributed by atoms with Gasteiger partial charge in [0.15, 0.2) is 6.79 Å². The second-order valence-electron chi connectivity index (χ2n) is 4.04. The Morgan fingerprint density at radius 1 is 1.40 bits per heavy atom. The summed E-state index contributed by atoms with van der Waals surface area (Å²) in [5.74, 6) is 0.0466. The van der Waals surface area contributed by atoms with Crippen molar-refractivity contribution in [2.24, 2.45) is 0 Å². The van der Waals surface area contributed by atoms with Crippen LogP contribution in [0.4, 0.5) is 4.39 Å². The fraction of sp³-hybridized carbons (Fsp3) is 0.200. The van der Waals surface area contributed by atoms with Gasteiger partial charge in [0.1, 0.15) is 0 Å². The van der Waals surface area contributed by atoms with Gasteiger partial charge >= 0.3 is 0 Å². The van der Waals surface area contributed by atoms with Crippen molar-refractivity contribution in [1.82, 2.24) is 4.90 Å². The summed E-state index contributed by atoms with van der Waals surface area (Å²) in [7, 11) is 3.32. The van der Waals surface area contributed by atoms with Crippen LogP contribution in [0, 0.1) is 11.9 Å². The number of allylic oxidation sites excluding steroid dienone is 3. The van der Waals surface area contributed by atoms with Gasteiger partial charge in [-0.25, -0.2) is 4.39 Å². The Morgan fingerprint density at radius 2 is 2.15 bits per heavy atom. The van der Waals surface area contributed by atoms with E-state index < -0.39 is 0 Å². The summed E-state index contributed by atoms with van der Waals surface area (Å²) < 4.78 is 24.4. The van der Waals surface area contributed by atoms with Gasteiger partial charge in [0.25, 0.3) is 0 Å². The average molecular weight is 349 g/mol. The van der Waals surface area contributed by atoms with E-state index in [1.807, 2.05) is 0 Å². The van der Waals surface area contributed by atoms with Gasteiger partial charge in [0.05, 0.1) is 11.6 Å². The SMILES string of the molecule is C=C1C=C[C-]=C(c2c(F)cccc2OCOC)N1C.[Y]. The third-order valence-corrected chi connectivity index (χ3v) is 2.81. The van der Waals surface area contributed by atoms with Gasteiger partial charge in [-0.05, 0) is 23.4 Å². The van der Waals surface area contributed by atoms with Crippen LogP contribution >= 0.6 is 0 Å². The molecule has 0 unspecified atom stereocenters. The van der Waals surface area contributed by atoms with E-state index >= 15 is 0 Å². The molecule has 0 aromatic heterocycles. The van der Waals surface area contributed by atoms with Gasteiger partial charge in [-0.1, -0.05) is 18.3 Å². The van der Waals surface area contributed by atoms with E-state index in [9.17, 15) is 4.39 Å². The quantitative estimate of drug-likeness (QED) is 0.616. The van der Waals surface area contributed by atoms with Gasteiger partial charge in [0, 0.05) is 46.9 Å². The molecular weight excluding hydrogens is 334 g/mol. The third kappa shape index (κ3) is 3.57. The topological polar surface area (TPSA) is 21.7 Å². The molecule has 3 nitrogen and oxygen atoms in total. The van der Waals surface area contributed by atoms with Crippen LogP contribution in [-0.4, -0.2) is 25.9 Å². The van der Waals surface area contributed by atoms with Crippen molar-refractivity contribution in [3.8, 4) is 5.75 Å². The minimum absolute atomic E-state index is 0. The predicted molar refractivity (Wildman–Crippen MR) is 71.6 cm³/mol. The first-order chi connectivity index (χ1) is 9.15. The summed E-state index contributed by atoms with van der Waals surface area (Å²) >= 11 is 0. The summed E-state index contributed by atoms with van der Waals surface area (Å²) in [6, 6.07) is 4.68. The largest absolute Gasteiger partial charge is 0.480 e. The monoisotopic (exact) mass is 349 g/mol. The molecule has 1 aromatic carbocycles. The summed E-state index contributed by atoms with van der Waals surface area (Å²) in [6.45, 7) is 3.94. The fourth-order valence-corrected chi connectivity index (χ4v) is 1.79. The standard InChI is InChI=1S/C15H15FNO2.Y/c1-11-6-4-8-13(17(11)2)15-12(16)7-5-9-14(15)19-10-18-3;/h4-7,9H,1,10H2,2-3H3;/q-1;. The predicted octanol–water partition coefficient (Wildman–Crippen LogP) is 2.97. The second-order valence-corrected chi connectivity index (χ2v) is 4.04. The summed E-state index contributed by atoms with van der Waals surface area (Å²) in [6.07, 6.45) is 6.53. The van der Waals surface area contributed by atoms with E-state index in [1.165, 1.54) is 13.2 Å². The molecule has 1 aromatic rings. The van der Waals surface area contributed by atoms with Crippen molar-refractivity contribution in [2.45, 2.75) is 0 Å². The number of likely N-dealkylation sites (N-methyl/N-ethyl adjacent to an activating group) is 1. The Hall–Kier alpha value is -0.966. The molecule has 0 N–H and O–H groups in total. The second kappa shape index (κ2) is 7.72. The molecule has 2 rings (SSSR count). The number of nitrogens with zero attached hydrogens (tertiary/aromatic N) is 1. The minimum atomic E-state index is -0.369. The summed E-state index contributed by atoms with van der Waals surface area (Å²) in [4.78, 5) is 1.76. The van der Waals surface area contributed by atoms with Gasteiger partial charge in [-0.15, -0.1) is 6.08 Å². The van der Waals surface area contributed by atoms with Crippen molar-refractivity contribution in [3.05, 3.63) is 60.1 Å². The Morgan fingerprint density at radius 3 is 2.85 bits per heavy atom. The van der Waals surface area contributed by atoms with Crippen LogP contribution in [-0.2, 0) is 37.4 Å². The van der Waals surface area contributed by atoms with Crippen molar-refractivity contribution >= 4 is 5.70 Å². The van der Waals surface area contributed by atoms with Crippen LogP contribution in [0.2, 0.25) is 0 Å². The number of halogens is 1. The molecule has 0 aliphatic carbocycles. The average Bonchev–Trinajstić information content (AvgIpc) is 2.40. The van der Waals surface area contributed by atoms with E-state index in [0.717, 1.165) is 5.70 Å². The first kappa shape index (κ1) is 17.1. The Kier molecular flexibility index (Phi) is 6.60. The van der Waals surface area contributed by atoms with E-state index in [0.29, 0.717) is 17.0 Å². The van der Waals surface area contributed by atoms with E-state index in [2.05, 4.69) is 12.7 Å². The Bertz CT molecular complexity index is 555. The van der Waals surface area contributed by atoms with Crippen LogP contribution in [0.1, 0.15) is 5.56 Å². The number of rotatable bonds is 4. The molecule has 20 heavy (non-hydrogen) atoms. The molecule has 103 valence electrons. The van der Waals surface area contributed by atoms with Crippen LogP contribution in [0.5, 0.6) is 5.75 Å². The minimum Gasteiger partial charge on any atom is -0.480 e. The van der Waals surface area contributed by atoms with E-state index in [-0.39, 0.29) is 45.3 Å². The smallest absolute Gasteiger partial charge is 0.187 e. The van der Waals surface area contributed by atoms with E-state index in [1.54, 1.807) is 36.2 Å². The zero-order valence-corrected chi connectivity index (χ0v) is 14.4. The maximum absolute atomic E-state index is 14.1. The third-order valence-electron chi connectivity index (χ3n) is 2.81. The van der Waals surface area contributed by atoms with Gasteiger partial charge in [0.2, 0.25) is 0 Å². The molecule has 0 saturated carbocycles. The zero-order valence-electron chi connectivity index (χ0n) is 11.5. The normalized spacial score (nSPS) is 13.8. The number of hydrogen-bond donors (Lipinski definition) is 0. The maximum Gasteiger partial charge on any atom is 0.187 e. The van der Waals surface area contributed by atoms with Crippen LogP contribution in [0.3, 0.4) is 0 Å². The molecule has 0 bridgehead atoms. The molecule has 0 fully saturated rings. The molecule has 1 aliphatic heterocycles. The van der Waals surface area contributed by atoms with Crippen molar-refractivity contribution in [2.75, 3.05) is 21.0 Å². The number of benzene rings is 1. The van der Waals surface area contributed by atoms with E-state index in [4.69, 9.17) is 9.47 Å². The van der Waals surface area contributed by atoms with Gasteiger partial charge < -0.3 is 14.4 Å². The van der Waals surface area contributed by atoms with Gasteiger partial charge in [-0.2, -0.15) is 12.2 Å². The number of methoxy groups -OCH3 is 1. The zero-order chi connectivity index (χ0) is 13.8. The Balaban J connectivity index is 0.00000200. The van der Waals surface area contributed by atoms with Crippen molar-refractivity contribution < 1.29 is 46.6 Å². The van der Waals surface area contributed by atoms with Crippen LogP contribution in [0.15, 0.2) is 42.6 Å². The molecule has 5 heteroatoms. The fourth-order valence-electron chi connectivity index (χ4n) is 1.79. The molecule has 1 radical (unpaired) electrons. The summed E-state index contributed by atoms with van der Waals surface area (Å²) in [5.41, 5.74) is 1.69. The number of ether oxygens (including phenoxy) is 2. The molecule has 0 amide bonds. The maximum atomic E-state index is 14.1. The van der Waals surface area contributed by atoms with Gasteiger partial charge in [-0.3, -0.25) is 0 Å². The first-order valence-corrected chi connectivity index (χ1v) is 5.78. The molecule has 0 atom stereocenters. The molecule has 1 heterocycles.